The number of sulfonamides is 1. The summed E-state index contributed by atoms with van der Waals surface area (Å²) in [7, 11) is -3.62. The van der Waals surface area contributed by atoms with Gasteiger partial charge < -0.3 is 5.11 Å². The second kappa shape index (κ2) is 7.35. The third-order valence-corrected chi connectivity index (χ3v) is 4.12. The summed E-state index contributed by atoms with van der Waals surface area (Å²) >= 11 is 0. The Labute approximate surface area is 119 Å². The molecule has 0 aliphatic rings. The van der Waals surface area contributed by atoms with Crippen LogP contribution in [0, 0.1) is 5.92 Å². The Hall–Kier alpha value is -1.47. The van der Waals surface area contributed by atoms with Crippen molar-refractivity contribution in [2.75, 3.05) is 5.75 Å². The van der Waals surface area contributed by atoms with Crippen LogP contribution in [-0.2, 0) is 21.2 Å². The lowest BCUT2D eigenvalue weighted by Gasteiger charge is -2.16. The first-order valence-corrected chi connectivity index (χ1v) is 8.07. The molecule has 0 aromatic carbocycles. The highest BCUT2D eigenvalue weighted by Crippen LogP contribution is 2.07. The minimum atomic E-state index is -3.62. The molecule has 7 heteroatoms. The van der Waals surface area contributed by atoms with E-state index in [0.29, 0.717) is 6.42 Å². The Balaban J connectivity index is 2.61. The van der Waals surface area contributed by atoms with Crippen LogP contribution < -0.4 is 4.72 Å². The second-order valence-electron chi connectivity index (χ2n) is 5.06. The minimum absolute atomic E-state index is 0.0963. The van der Waals surface area contributed by atoms with Crippen molar-refractivity contribution < 1.29 is 18.3 Å². The molecule has 0 amide bonds. The molecule has 0 bridgehead atoms. The van der Waals surface area contributed by atoms with E-state index in [-0.39, 0.29) is 18.1 Å². The van der Waals surface area contributed by atoms with Gasteiger partial charge in [-0.1, -0.05) is 13.8 Å². The molecule has 112 valence electrons. The quantitative estimate of drug-likeness (QED) is 0.748. The van der Waals surface area contributed by atoms with Gasteiger partial charge in [-0.05, 0) is 36.5 Å². The molecule has 1 unspecified atom stereocenters. The highest BCUT2D eigenvalue weighted by molar-refractivity contribution is 7.89. The lowest BCUT2D eigenvalue weighted by atomic mass is 10.1. The van der Waals surface area contributed by atoms with E-state index in [0.717, 1.165) is 5.56 Å². The highest BCUT2D eigenvalue weighted by atomic mass is 32.2. The molecule has 1 heterocycles. The molecule has 0 fully saturated rings. The van der Waals surface area contributed by atoms with E-state index in [4.69, 9.17) is 5.11 Å². The smallest absolute Gasteiger partial charge is 0.321 e. The molecule has 0 aliphatic heterocycles. The molecule has 0 spiro atoms. The third kappa shape index (κ3) is 6.12. The van der Waals surface area contributed by atoms with E-state index in [1.54, 1.807) is 24.5 Å². The zero-order valence-corrected chi connectivity index (χ0v) is 12.4. The van der Waals surface area contributed by atoms with Crippen molar-refractivity contribution in [3.8, 4) is 0 Å². The van der Waals surface area contributed by atoms with Gasteiger partial charge in [0.1, 0.15) is 6.04 Å². The number of pyridine rings is 1. The third-order valence-electron chi connectivity index (χ3n) is 2.74. The van der Waals surface area contributed by atoms with Gasteiger partial charge in [-0.2, -0.15) is 0 Å². The minimum Gasteiger partial charge on any atom is -0.480 e. The van der Waals surface area contributed by atoms with Crippen LogP contribution in [0.4, 0.5) is 0 Å². The van der Waals surface area contributed by atoms with Crippen molar-refractivity contribution in [3.05, 3.63) is 30.1 Å². The number of nitrogens with zero attached hydrogens (tertiary/aromatic N) is 1. The fraction of sp³-hybridized carbons (Fsp3) is 0.538. The molecular formula is C13H20N2O4S. The Morgan fingerprint density at radius 2 is 1.95 bits per heavy atom. The van der Waals surface area contributed by atoms with Gasteiger partial charge in [0.25, 0.3) is 0 Å². The summed E-state index contributed by atoms with van der Waals surface area (Å²) in [6, 6.07) is 2.40. The van der Waals surface area contributed by atoms with Crippen LogP contribution in [0.5, 0.6) is 0 Å². The number of carboxylic acid groups (broad SMARTS) is 1. The standard InChI is InChI=1S/C13H20N2O4S/c1-10(2)9-12(13(16)17)15-20(18,19)8-5-11-3-6-14-7-4-11/h3-4,6-7,10,12,15H,5,8-9H2,1-2H3,(H,16,17). The maximum absolute atomic E-state index is 11.9. The van der Waals surface area contributed by atoms with Gasteiger partial charge in [-0.3, -0.25) is 9.78 Å². The normalized spacial score (nSPS) is 13.3. The molecule has 0 radical (unpaired) electrons. The molecule has 1 rings (SSSR count). The number of hydrogen-bond acceptors (Lipinski definition) is 4. The Morgan fingerprint density at radius 3 is 2.45 bits per heavy atom. The maximum Gasteiger partial charge on any atom is 0.321 e. The molecule has 0 saturated carbocycles. The van der Waals surface area contributed by atoms with Crippen LogP contribution >= 0.6 is 0 Å². The van der Waals surface area contributed by atoms with Crippen LogP contribution in [0.25, 0.3) is 0 Å². The molecule has 20 heavy (non-hydrogen) atoms. The first-order chi connectivity index (χ1) is 9.30. The predicted octanol–water partition coefficient (Wildman–Crippen LogP) is 1.04. The average Bonchev–Trinajstić information content (AvgIpc) is 2.36. The van der Waals surface area contributed by atoms with Crippen molar-refractivity contribution >= 4 is 16.0 Å². The second-order valence-corrected chi connectivity index (χ2v) is 6.94. The molecule has 0 saturated heterocycles. The average molecular weight is 300 g/mol. The topological polar surface area (TPSA) is 96.4 Å². The first-order valence-electron chi connectivity index (χ1n) is 6.42. The summed E-state index contributed by atoms with van der Waals surface area (Å²) < 4.78 is 26.1. The van der Waals surface area contributed by atoms with Crippen LogP contribution in [-0.4, -0.2) is 36.3 Å². The van der Waals surface area contributed by atoms with Crippen LogP contribution in [0.3, 0.4) is 0 Å². The van der Waals surface area contributed by atoms with Crippen molar-refractivity contribution in [3.63, 3.8) is 0 Å². The number of aryl methyl sites for hydroxylation is 1. The molecule has 2 N–H and O–H groups in total. The maximum atomic E-state index is 11.9. The van der Waals surface area contributed by atoms with E-state index in [9.17, 15) is 13.2 Å². The van der Waals surface area contributed by atoms with Crippen LogP contribution in [0.15, 0.2) is 24.5 Å². The van der Waals surface area contributed by atoms with E-state index < -0.39 is 22.0 Å². The molecule has 0 aliphatic carbocycles. The van der Waals surface area contributed by atoms with Crippen molar-refractivity contribution in [2.45, 2.75) is 32.7 Å². The van der Waals surface area contributed by atoms with Crippen molar-refractivity contribution in [2.24, 2.45) is 5.92 Å². The summed E-state index contributed by atoms with van der Waals surface area (Å²) in [6.45, 7) is 3.70. The first kappa shape index (κ1) is 16.6. The van der Waals surface area contributed by atoms with Crippen LogP contribution in [0.1, 0.15) is 25.8 Å². The summed E-state index contributed by atoms with van der Waals surface area (Å²) in [5.41, 5.74) is 0.848. The fourth-order valence-electron chi connectivity index (χ4n) is 1.75. The number of hydrogen-bond donors (Lipinski definition) is 2. The Morgan fingerprint density at radius 1 is 1.35 bits per heavy atom. The SMILES string of the molecule is CC(C)CC(NS(=O)(=O)CCc1ccncc1)C(=O)O. The van der Waals surface area contributed by atoms with Gasteiger partial charge >= 0.3 is 5.97 Å². The summed E-state index contributed by atoms with van der Waals surface area (Å²) in [5.74, 6) is -1.19. The molecule has 1 aromatic heterocycles. The largest absolute Gasteiger partial charge is 0.480 e. The highest BCUT2D eigenvalue weighted by Gasteiger charge is 2.24. The fourth-order valence-corrected chi connectivity index (χ4v) is 3.00. The van der Waals surface area contributed by atoms with Gasteiger partial charge in [0.2, 0.25) is 10.0 Å². The van der Waals surface area contributed by atoms with E-state index >= 15 is 0 Å². The van der Waals surface area contributed by atoms with E-state index in [1.165, 1.54) is 0 Å². The van der Waals surface area contributed by atoms with Gasteiger partial charge in [0, 0.05) is 12.4 Å². The van der Waals surface area contributed by atoms with E-state index in [2.05, 4.69) is 9.71 Å². The predicted molar refractivity (Wildman–Crippen MR) is 75.7 cm³/mol. The number of rotatable bonds is 8. The Bertz CT molecular complexity index is 529. The van der Waals surface area contributed by atoms with E-state index in [1.807, 2.05) is 13.8 Å². The number of aliphatic carboxylic acids is 1. The van der Waals surface area contributed by atoms with Gasteiger partial charge in [0.05, 0.1) is 5.75 Å². The summed E-state index contributed by atoms with van der Waals surface area (Å²) in [5, 5.41) is 9.04. The zero-order valence-electron chi connectivity index (χ0n) is 11.6. The summed E-state index contributed by atoms with van der Waals surface area (Å²) in [4.78, 5) is 14.9. The van der Waals surface area contributed by atoms with Gasteiger partial charge in [-0.15, -0.1) is 0 Å². The van der Waals surface area contributed by atoms with Crippen molar-refractivity contribution in [1.29, 1.82) is 0 Å². The van der Waals surface area contributed by atoms with Crippen LogP contribution in [0.2, 0.25) is 0 Å². The molecular weight excluding hydrogens is 280 g/mol. The lowest BCUT2D eigenvalue weighted by molar-refractivity contribution is -0.139. The lowest BCUT2D eigenvalue weighted by Crippen LogP contribution is -2.42. The molecule has 1 atom stereocenters. The number of carbonyl (C=O) groups is 1. The summed E-state index contributed by atoms with van der Waals surface area (Å²) in [6.07, 6.45) is 3.78. The molecule has 1 aromatic rings. The number of aromatic nitrogens is 1. The Kier molecular flexibility index (Phi) is 6.09. The monoisotopic (exact) mass is 300 g/mol. The number of nitrogens with one attached hydrogen (secondary N) is 1. The number of carboxylic acids is 1. The molecule has 6 nitrogen and oxygen atoms in total. The van der Waals surface area contributed by atoms with Gasteiger partial charge in [-0.25, -0.2) is 13.1 Å². The van der Waals surface area contributed by atoms with Gasteiger partial charge in [0.15, 0.2) is 0 Å². The van der Waals surface area contributed by atoms with Crippen molar-refractivity contribution in [1.82, 2.24) is 9.71 Å². The zero-order chi connectivity index (χ0) is 15.2.